The second-order valence-corrected chi connectivity index (χ2v) is 3.69. The van der Waals surface area contributed by atoms with Gasteiger partial charge in [-0.25, -0.2) is 0 Å². The van der Waals surface area contributed by atoms with E-state index >= 15 is 0 Å². The molecule has 0 aliphatic carbocycles. The molecule has 100 valence electrons. The summed E-state index contributed by atoms with van der Waals surface area (Å²) in [6.45, 7) is 2.64. The molecule has 1 amide bonds. The van der Waals surface area contributed by atoms with Crippen molar-refractivity contribution in [2.75, 3.05) is 27.4 Å². The van der Waals surface area contributed by atoms with Gasteiger partial charge >= 0.3 is 0 Å². The van der Waals surface area contributed by atoms with Gasteiger partial charge in [0.25, 0.3) is 5.91 Å². The Balaban J connectivity index is 2.52. The maximum atomic E-state index is 11.7. The van der Waals surface area contributed by atoms with E-state index in [-0.39, 0.29) is 5.91 Å². The molecule has 0 saturated heterocycles. The number of amides is 1. The zero-order chi connectivity index (χ0) is 13.4. The van der Waals surface area contributed by atoms with Crippen LogP contribution in [0.1, 0.15) is 6.92 Å². The molecule has 1 aromatic rings. The quantitative estimate of drug-likeness (QED) is 0.742. The lowest BCUT2D eigenvalue weighted by atomic mass is 10.3. The molecule has 0 bridgehead atoms. The molecule has 0 radical (unpaired) electrons. The number of hydrogen-bond acceptors (Lipinski definition) is 4. The van der Waals surface area contributed by atoms with Gasteiger partial charge in [0, 0.05) is 13.7 Å². The van der Waals surface area contributed by atoms with Crippen molar-refractivity contribution >= 4 is 5.91 Å². The van der Waals surface area contributed by atoms with Crippen LogP contribution in [0.4, 0.5) is 0 Å². The molecule has 5 nitrogen and oxygen atoms in total. The number of methoxy groups -OCH3 is 2. The third-order valence-corrected chi connectivity index (χ3v) is 2.35. The van der Waals surface area contributed by atoms with Gasteiger partial charge in [0.05, 0.1) is 13.7 Å². The smallest absolute Gasteiger partial charge is 0.260 e. The van der Waals surface area contributed by atoms with E-state index in [1.165, 1.54) is 0 Å². The molecule has 1 N–H and O–H groups in total. The number of benzene rings is 1. The normalized spacial score (nSPS) is 11.7. The second-order valence-electron chi connectivity index (χ2n) is 3.69. The fraction of sp³-hybridized carbons (Fsp3) is 0.462. The summed E-state index contributed by atoms with van der Waals surface area (Å²) in [4.78, 5) is 11.7. The van der Waals surface area contributed by atoms with Crippen molar-refractivity contribution in [3.8, 4) is 11.5 Å². The molecule has 0 saturated carbocycles. The van der Waals surface area contributed by atoms with Crippen LogP contribution in [0, 0.1) is 0 Å². The fourth-order valence-electron chi connectivity index (χ4n) is 1.38. The number of nitrogens with one attached hydrogen (secondary N) is 1. The molecule has 0 aromatic heterocycles. The molecular formula is C13H19NO4. The summed E-state index contributed by atoms with van der Waals surface area (Å²) in [7, 11) is 3.15. The first-order valence-electron chi connectivity index (χ1n) is 5.75. The molecule has 1 atom stereocenters. The van der Waals surface area contributed by atoms with Crippen molar-refractivity contribution in [2.24, 2.45) is 0 Å². The number of hydrogen-bond donors (Lipinski definition) is 1. The third-order valence-electron chi connectivity index (χ3n) is 2.35. The molecule has 0 fully saturated rings. The van der Waals surface area contributed by atoms with Crippen LogP contribution in [0.5, 0.6) is 11.5 Å². The summed E-state index contributed by atoms with van der Waals surface area (Å²) in [5.74, 6) is 0.974. The fourth-order valence-corrected chi connectivity index (χ4v) is 1.38. The Morgan fingerprint density at radius 3 is 2.56 bits per heavy atom. The van der Waals surface area contributed by atoms with Crippen LogP contribution < -0.4 is 14.8 Å². The predicted molar refractivity (Wildman–Crippen MR) is 68.0 cm³/mol. The summed E-state index contributed by atoms with van der Waals surface area (Å²) in [6.07, 6.45) is -0.585. The maximum Gasteiger partial charge on any atom is 0.260 e. The minimum atomic E-state index is -0.585. The minimum absolute atomic E-state index is 0.182. The standard InChI is InChI=1S/C13H19NO4/c1-10(13(15)14-8-9-16-2)18-12-7-5-4-6-11(12)17-3/h4-7,10H,8-9H2,1-3H3,(H,14,15)/t10-/m1/s1. The highest BCUT2D eigenvalue weighted by Crippen LogP contribution is 2.26. The highest BCUT2D eigenvalue weighted by molar-refractivity contribution is 5.80. The lowest BCUT2D eigenvalue weighted by molar-refractivity contribution is -0.127. The summed E-state index contributed by atoms with van der Waals surface area (Å²) in [5, 5.41) is 2.71. The van der Waals surface area contributed by atoms with Crippen LogP contribution in [-0.2, 0) is 9.53 Å². The lowest BCUT2D eigenvalue weighted by Gasteiger charge is -2.16. The Hall–Kier alpha value is -1.75. The highest BCUT2D eigenvalue weighted by Gasteiger charge is 2.15. The molecule has 18 heavy (non-hydrogen) atoms. The van der Waals surface area contributed by atoms with E-state index in [9.17, 15) is 4.79 Å². The Morgan fingerprint density at radius 2 is 1.94 bits per heavy atom. The lowest BCUT2D eigenvalue weighted by Crippen LogP contribution is -2.37. The van der Waals surface area contributed by atoms with Gasteiger partial charge in [-0.1, -0.05) is 12.1 Å². The van der Waals surface area contributed by atoms with E-state index < -0.39 is 6.10 Å². The van der Waals surface area contributed by atoms with E-state index in [1.807, 2.05) is 12.1 Å². The van der Waals surface area contributed by atoms with E-state index in [0.717, 1.165) is 0 Å². The second kappa shape index (κ2) is 7.55. The van der Waals surface area contributed by atoms with E-state index in [1.54, 1.807) is 33.3 Å². The summed E-state index contributed by atoms with van der Waals surface area (Å²) in [6, 6.07) is 7.21. The molecule has 0 aliphatic rings. The first-order valence-corrected chi connectivity index (χ1v) is 5.75. The average molecular weight is 253 g/mol. The highest BCUT2D eigenvalue weighted by atomic mass is 16.5. The number of ether oxygens (including phenoxy) is 3. The Morgan fingerprint density at radius 1 is 1.28 bits per heavy atom. The number of rotatable bonds is 7. The minimum Gasteiger partial charge on any atom is -0.493 e. The first kappa shape index (κ1) is 14.3. The molecule has 1 aromatic carbocycles. The largest absolute Gasteiger partial charge is 0.493 e. The van der Waals surface area contributed by atoms with Gasteiger partial charge in [-0.15, -0.1) is 0 Å². The summed E-state index contributed by atoms with van der Waals surface area (Å²) >= 11 is 0. The van der Waals surface area contributed by atoms with Crippen LogP contribution in [0.2, 0.25) is 0 Å². The summed E-state index contributed by atoms with van der Waals surface area (Å²) < 4.78 is 15.5. The number of carbonyl (C=O) groups excluding carboxylic acids is 1. The van der Waals surface area contributed by atoms with Crippen molar-refractivity contribution in [3.05, 3.63) is 24.3 Å². The number of para-hydroxylation sites is 2. The Bertz CT molecular complexity index is 381. The van der Waals surface area contributed by atoms with E-state index in [4.69, 9.17) is 14.2 Å². The van der Waals surface area contributed by atoms with Crippen molar-refractivity contribution in [2.45, 2.75) is 13.0 Å². The van der Waals surface area contributed by atoms with Gasteiger partial charge < -0.3 is 19.5 Å². The Labute approximate surface area is 107 Å². The summed E-state index contributed by atoms with van der Waals surface area (Å²) in [5.41, 5.74) is 0. The monoisotopic (exact) mass is 253 g/mol. The SMILES string of the molecule is COCCNC(=O)[C@@H](C)Oc1ccccc1OC. The third kappa shape index (κ3) is 4.25. The molecule has 0 aliphatic heterocycles. The van der Waals surface area contributed by atoms with Crippen LogP contribution in [0.15, 0.2) is 24.3 Å². The molecule has 0 unspecified atom stereocenters. The maximum absolute atomic E-state index is 11.7. The van der Waals surface area contributed by atoms with Crippen LogP contribution in [-0.4, -0.2) is 39.4 Å². The van der Waals surface area contributed by atoms with Crippen molar-refractivity contribution < 1.29 is 19.0 Å². The van der Waals surface area contributed by atoms with E-state index in [2.05, 4.69) is 5.32 Å². The van der Waals surface area contributed by atoms with Crippen LogP contribution >= 0.6 is 0 Å². The average Bonchev–Trinajstić information content (AvgIpc) is 2.39. The van der Waals surface area contributed by atoms with Crippen LogP contribution in [0.25, 0.3) is 0 Å². The van der Waals surface area contributed by atoms with Crippen molar-refractivity contribution in [3.63, 3.8) is 0 Å². The van der Waals surface area contributed by atoms with Gasteiger partial charge in [-0.05, 0) is 19.1 Å². The predicted octanol–water partition coefficient (Wildman–Crippen LogP) is 1.23. The van der Waals surface area contributed by atoms with Gasteiger partial charge in [0.2, 0.25) is 0 Å². The topological polar surface area (TPSA) is 56.8 Å². The van der Waals surface area contributed by atoms with Gasteiger partial charge in [-0.2, -0.15) is 0 Å². The van der Waals surface area contributed by atoms with Crippen molar-refractivity contribution in [1.82, 2.24) is 5.32 Å². The molecule has 0 heterocycles. The van der Waals surface area contributed by atoms with Gasteiger partial charge in [-0.3, -0.25) is 4.79 Å². The number of carbonyl (C=O) groups is 1. The van der Waals surface area contributed by atoms with Crippen molar-refractivity contribution in [1.29, 1.82) is 0 Å². The van der Waals surface area contributed by atoms with Gasteiger partial charge in [0.1, 0.15) is 0 Å². The zero-order valence-electron chi connectivity index (χ0n) is 10.9. The first-order chi connectivity index (χ1) is 8.69. The van der Waals surface area contributed by atoms with Crippen LogP contribution in [0.3, 0.4) is 0 Å². The molecule has 1 rings (SSSR count). The molecule has 0 spiro atoms. The Kier molecular flexibility index (Phi) is 6.00. The molecular weight excluding hydrogens is 234 g/mol. The van der Waals surface area contributed by atoms with E-state index in [0.29, 0.717) is 24.7 Å². The van der Waals surface area contributed by atoms with Gasteiger partial charge in [0.15, 0.2) is 17.6 Å². The zero-order valence-corrected chi connectivity index (χ0v) is 10.9. The molecule has 5 heteroatoms.